The van der Waals surface area contributed by atoms with Crippen LogP contribution in [0.5, 0.6) is 0 Å². The fourth-order valence-corrected chi connectivity index (χ4v) is 3.33. The Morgan fingerprint density at radius 1 is 1.07 bits per heavy atom. The van der Waals surface area contributed by atoms with E-state index in [2.05, 4.69) is 34.7 Å². The third-order valence-corrected chi connectivity index (χ3v) is 5.09. The van der Waals surface area contributed by atoms with Gasteiger partial charge in [-0.3, -0.25) is 9.59 Å². The van der Waals surface area contributed by atoms with E-state index in [4.69, 9.17) is 0 Å². The normalized spacial score (nSPS) is 14.5. The van der Waals surface area contributed by atoms with Crippen LogP contribution in [0.3, 0.4) is 0 Å². The molecule has 1 unspecified atom stereocenters. The molecule has 5 nitrogen and oxygen atoms in total. The van der Waals surface area contributed by atoms with Crippen LogP contribution in [-0.4, -0.2) is 15.7 Å². The Bertz CT molecular complexity index is 1020. The van der Waals surface area contributed by atoms with Crippen LogP contribution in [0.25, 0.3) is 0 Å². The topological polar surface area (TPSA) is 64.0 Å². The smallest absolute Gasteiger partial charge is 0.272 e. The Morgan fingerprint density at radius 2 is 1.79 bits per heavy atom. The minimum absolute atomic E-state index is 0.0237. The summed E-state index contributed by atoms with van der Waals surface area (Å²) in [6.07, 6.45) is 2.22. The summed E-state index contributed by atoms with van der Waals surface area (Å²) in [5.41, 5.74) is 3.30. The minimum Gasteiger partial charge on any atom is -0.344 e. The molecule has 0 radical (unpaired) electrons. The Labute approximate surface area is 164 Å². The highest BCUT2D eigenvalue weighted by atomic mass is 16.2. The number of aryl methyl sites for hydroxylation is 1. The second-order valence-electron chi connectivity index (χ2n) is 7.40. The standard InChI is InChI=1S/C23H23N3O2/c1-16-7-9-18(10-8-16)22(19-11-12-19)24-23(28)20-13-14-21(27)26(25-20)15-17-5-3-2-4-6-17/h2-10,13-14,19,22H,11-12,15H2,1H3,(H,24,28). The molecule has 4 rings (SSSR count). The van der Waals surface area contributed by atoms with Crippen LogP contribution < -0.4 is 10.9 Å². The summed E-state index contributed by atoms with van der Waals surface area (Å²) >= 11 is 0. The summed E-state index contributed by atoms with van der Waals surface area (Å²) in [6, 6.07) is 20.8. The summed E-state index contributed by atoms with van der Waals surface area (Å²) in [6.45, 7) is 2.39. The van der Waals surface area contributed by atoms with Gasteiger partial charge in [-0.05, 0) is 42.9 Å². The molecule has 3 aromatic rings. The van der Waals surface area contributed by atoms with Crippen LogP contribution in [0.2, 0.25) is 0 Å². The number of carbonyl (C=O) groups is 1. The first-order valence-electron chi connectivity index (χ1n) is 9.60. The number of benzene rings is 2. The van der Waals surface area contributed by atoms with E-state index in [1.165, 1.54) is 22.4 Å². The highest BCUT2D eigenvalue weighted by Gasteiger charge is 2.33. The summed E-state index contributed by atoms with van der Waals surface area (Å²) in [4.78, 5) is 25.0. The van der Waals surface area contributed by atoms with E-state index in [9.17, 15) is 9.59 Å². The van der Waals surface area contributed by atoms with Crippen LogP contribution in [0.4, 0.5) is 0 Å². The maximum Gasteiger partial charge on any atom is 0.272 e. The lowest BCUT2D eigenvalue weighted by Gasteiger charge is -2.19. The maximum atomic E-state index is 12.9. The zero-order valence-corrected chi connectivity index (χ0v) is 15.8. The molecule has 0 saturated heterocycles. The average molecular weight is 373 g/mol. The van der Waals surface area contributed by atoms with Gasteiger partial charge in [-0.25, -0.2) is 4.68 Å². The second kappa shape index (κ2) is 7.80. The van der Waals surface area contributed by atoms with Gasteiger partial charge in [-0.2, -0.15) is 5.10 Å². The van der Waals surface area contributed by atoms with Crippen LogP contribution in [0.15, 0.2) is 71.5 Å². The van der Waals surface area contributed by atoms with Crippen molar-refractivity contribution in [3.05, 3.63) is 99.5 Å². The third-order valence-electron chi connectivity index (χ3n) is 5.09. The molecule has 1 heterocycles. The van der Waals surface area contributed by atoms with Gasteiger partial charge < -0.3 is 5.32 Å². The molecule has 142 valence electrons. The molecule has 1 aromatic heterocycles. The van der Waals surface area contributed by atoms with Gasteiger partial charge in [-0.1, -0.05) is 60.2 Å². The first kappa shape index (κ1) is 18.2. The highest BCUT2D eigenvalue weighted by Crippen LogP contribution is 2.41. The molecule has 1 saturated carbocycles. The third kappa shape index (κ3) is 4.19. The molecule has 1 amide bonds. The first-order chi connectivity index (χ1) is 13.6. The number of rotatable bonds is 6. The molecule has 0 aliphatic heterocycles. The molecular weight excluding hydrogens is 350 g/mol. The zero-order valence-electron chi connectivity index (χ0n) is 15.8. The molecule has 0 spiro atoms. The number of nitrogens with zero attached hydrogens (tertiary/aromatic N) is 2. The largest absolute Gasteiger partial charge is 0.344 e. The van der Waals surface area contributed by atoms with Crippen LogP contribution in [0.1, 0.15) is 46.1 Å². The fraction of sp³-hybridized carbons (Fsp3) is 0.261. The van der Waals surface area contributed by atoms with Gasteiger partial charge in [0, 0.05) is 6.07 Å². The maximum absolute atomic E-state index is 12.9. The summed E-state index contributed by atoms with van der Waals surface area (Å²) < 4.78 is 1.34. The van der Waals surface area contributed by atoms with Crippen molar-refractivity contribution in [3.63, 3.8) is 0 Å². The molecule has 1 fully saturated rings. The zero-order chi connectivity index (χ0) is 19.5. The number of hydrogen-bond acceptors (Lipinski definition) is 3. The predicted molar refractivity (Wildman–Crippen MR) is 108 cm³/mol. The lowest BCUT2D eigenvalue weighted by atomic mass is 10.0. The van der Waals surface area contributed by atoms with Crippen molar-refractivity contribution in [1.82, 2.24) is 15.1 Å². The van der Waals surface area contributed by atoms with Crippen molar-refractivity contribution >= 4 is 5.91 Å². The number of carbonyl (C=O) groups excluding carboxylic acids is 1. The van der Waals surface area contributed by atoms with E-state index in [0.29, 0.717) is 12.5 Å². The molecule has 1 atom stereocenters. The number of aromatic nitrogens is 2. The lowest BCUT2D eigenvalue weighted by molar-refractivity contribution is 0.0924. The molecule has 1 N–H and O–H groups in total. The first-order valence-corrected chi connectivity index (χ1v) is 9.60. The molecule has 1 aliphatic rings. The molecule has 0 bridgehead atoms. The van der Waals surface area contributed by atoms with E-state index in [-0.39, 0.29) is 23.2 Å². The van der Waals surface area contributed by atoms with Crippen molar-refractivity contribution in [1.29, 1.82) is 0 Å². The summed E-state index contributed by atoms with van der Waals surface area (Å²) in [5.74, 6) is 0.209. The van der Waals surface area contributed by atoms with Gasteiger partial charge in [0.05, 0.1) is 12.6 Å². The van der Waals surface area contributed by atoms with Gasteiger partial charge in [0.25, 0.3) is 11.5 Å². The van der Waals surface area contributed by atoms with Crippen molar-refractivity contribution in [3.8, 4) is 0 Å². The van der Waals surface area contributed by atoms with Crippen molar-refractivity contribution < 1.29 is 4.79 Å². The van der Waals surface area contributed by atoms with Gasteiger partial charge >= 0.3 is 0 Å². The Hall–Kier alpha value is -3.21. The molecule has 1 aliphatic carbocycles. The van der Waals surface area contributed by atoms with Gasteiger partial charge in [0.2, 0.25) is 0 Å². The Kier molecular flexibility index (Phi) is 5.06. The summed E-state index contributed by atoms with van der Waals surface area (Å²) in [5, 5.41) is 7.42. The van der Waals surface area contributed by atoms with Gasteiger partial charge in [0.1, 0.15) is 5.69 Å². The van der Waals surface area contributed by atoms with Crippen LogP contribution in [-0.2, 0) is 6.54 Å². The van der Waals surface area contributed by atoms with Crippen molar-refractivity contribution in [2.24, 2.45) is 5.92 Å². The van der Waals surface area contributed by atoms with E-state index in [0.717, 1.165) is 24.0 Å². The number of nitrogens with one attached hydrogen (secondary N) is 1. The van der Waals surface area contributed by atoms with Crippen LogP contribution in [0, 0.1) is 12.8 Å². The second-order valence-corrected chi connectivity index (χ2v) is 7.40. The monoisotopic (exact) mass is 373 g/mol. The van der Waals surface area contributed by atoms with E-state index in [1.54, 1.807) is 0 Å². The quantitative estimate of drug-likeness (QED) is 0.719. The van der Waals surface area contributed by atoms with E-state index < -0.39 is 0 Å². The highest BCUT2D eigenvalue weighted by molar-refractivity contribution is 5.92. The number of amides is 1. The van der Waals surface area contributed by atoms with Gasteiger partial charge in [0.15, 0.2) is 0 Å². The summed E-state index contributed by atoms with van der Waals surface area (Å²) in [7, 11) is 0. The Balaban J connectivity index is 1.54. The lowest BCUT2D eigenvalue weighted by Crippen LogP contribution is -2.33. The number of hydrogen-bond donors (Lipinski definition) is 1. The van der Waals surface area contributed by atoms with E-state index >= 15 is 0 Å². The fourth-order valence-electron chi connectivity index (χ4n) is 3.33. The van der Waals surface area contributed by atoms with Crippen molar-refractivity contribution in [2.45, 2.75) is 32.4 Å². The molecule has 28 heavy (non-hydrogen) atoms. The average Bonchev–Trinajstić information content (AvgIpc) is 3.54. The van der Waals surface area contributed by atoms with Crippen molar-refractivity contribution in [2.75, 3.05) is 0 Å². The predicted octanol–water partition coefficient (Wildman–Crippen LogP) is 3.48. The van der Waals surface area contributed by atoms with Crippen LogP contribution >= 0.6 is 0 Å². The van der Waals surface area contributed by atoms with E-state index in [1.807, 2.05) is 37.3 Å². The minimum atomic E-state index is -0.251. The molecule has 2 aromatic carbocycles. The molecule has 5 heteroatoms. The van der Waals surface area contributed by atoms with Gasteiger partial charge in [-0.15, -0.1) is 0 Å². The SMILES string of the molecule is Cc1ccc(C(NC(=O)c2ccc(=O)n(Cc3ccccc3)n2)C2CC2)cc1. The molecular formula is C23H23N3O2. The Morgan fingerprint density at radius 3 is 2.46 bits per heavy atom.